The van der Waals surface area contributed by atoms with Crippen LogP contribution in [0.2, 0.25) is 0 Å². The molecule has 0 bridgehead atoms. The van der Waals surface area contributed by atoms with Crippen molar-refractivity contribution in [1.29, 1.82) is 0 Å². The number of phenolic OH excluding ortho intramolecular Hbond substituents is 1. The number of hydrogen-bond acceptors (Lipinski definition) is 5. The molecule has 7 rings (SSSR count). The average Bonchev–Trinajstić information content (AvgIpc) is 3.67. The molecule has 5 aromatic rings. The molecular weight excluding hydrogens is 616 g/mol. The molecule has 3 amide bonds. The minimum absolute atomic E-state index is 0.0212. The van der Waals surface area contributed by atoms with Crippen molar-refractivity contribution >= 4 is 23.6 Å². The predicted octanol–water partition coefficient (Wildman–Crippen LogP) is 7.08. The highest BCUT2D eigenvalue weighted by atomic mass is 16.6. The van der Waals surface area contributed by atoms with Gasteiger partial charge in [0.2, 0.25) is 0 Å². The topological polar surface area (TPSA) is 95.3 Å². The molecule has 9 heteroatoms. The quantitative estimate of drug-likeness (QED) is 0.219. The van der Waals surface area contributed by atoms with Gasteiger partial charge in [-0.05, 0) is 97.1 Å². The van der Waals surface area contributed by atoms with Gasteiger partial charge in [-0.3, -0.25) is 14.5 Å². The lowest BCUT2D eigenvalue weighted by Gasteiger charge is -2.35. The number of anilines is 1. The molecule has 3 heterocycles. The summed E-state index contributed by atoms with van der Waals surface area (Å²) in [5, 5.41) is 9.75. The first-order chi connectivity index (χ1) is 23.6. The van der Waals surface area contributed by atoms with Crippen molar-refractivity contribution < 1.29 is 24.2 Å². The number of carbonyl (C=O) groups excluding carboxylic acids is 3. The Morgan fingerprint density at radius 2 is 1.45 bits per heavy atom. The van der Waals surface area contributed by atoms with Crippen LogP contribution in [0.3, 0.4) is 0 Å². The van der Waals surface area contributed by atoms with E-state index < -0.39 is 6.09 Å². The van der Waals surface area contributed by atoms with E-state index in [9.17, 15) is 19.5 Å². The lowest BCUT2D eigenvalue weighted by molar-refractivity contribution is 0.0658. The van der Waals surface area contributed by atoms with Gasteiger partial charge in [-0.1, -0.05) is 42.5 Å². The van der Waals surface area contributed by atoms with Crippen molar-refractivity contribution in [3.05, 3.63) is 136 Å². The van der Waals surface area contributed by atoms with Crippen LogP contribution in [0.5, 0.6) is 11.5 Å². The molecule has 0 fully saturated rings. The third-order valence-corrected chi connectivity index (χ3v) is 9.85. The van der Waals surface area contributed by atoms with Gasteiger partial charge >= 0.3 is 6.09 Å². The molecule has 1 atom stereocenters. The van der Waals surface area contributed by atoms with E-state index >= 15 is 0 Å². The zero-order chi connectivity index (χ0) is 34.4. The second-order valence-corrected chi connectivity index (χ2v) is 12.9. The SMILES string of the molecule is Cc1c(C(=O)N(C)c2ccc(O)cc2)cc(-c2cc3c(cc2C(=O)N2Cc4ccccc4C[C@H]2C)CN(C(=O)Oc2ccccc2)C3)n1C. The van der Waals surface area contributed by atoms with Crippen molar-refractivity contribution in [3.63, 3.8) is 0 Å². The van der Waals surface area contributed by atoms with Crippen LogP contribution in [0, 0.1) is 6.92 Å². The van der Waals surface area contributed by atoms with Crippen molar-refractivity contribution in [3.8, 4) is 22.8 Å². The Hall–Kier alpha value is -5.83. The second-order valence-electron chi connectivity index (χ2n) is 12.9. The zero-order valence-corrected chi connectivity index (χ0v) is 28.0. The lowest BCUT2D eigenvalue weighted by Crippen LogP contribution is -2.42. The van der Waals surface area contributed by atoms with E-state index in [1.807, 2.05) is 72.0 Å². The summed E-state index contributed by atoms with van der Waals surface area (Å²) in [5.41, 5.74) is 8.02. The fraction of sp³-hybridized carbons (Fsp3) is 0.225. The minimum Gasteiger partial charge on any atom is -0.508 e. The summed E-state index contributed by atoms with van der Waals surface area (Å²) < 4.78 is 7.59. The van der Waals surface area contributed by atoms with Crippen LogP contribution in [0.4, 0.5) is 10.5 Å². The summed E-state index contributed by atoms with van der Waals surface area (Å²) in [6, 6.07) is 29.4. The first-order valence-corrected chi connectivity index (χ1v) is 16.4. The molecule has 0 aliphatic carbocycles. The highest BCUT2D eigenvalue weighted by molar-refractivity contribution is 6.08. The molecule has 2 aliphatic rings. The molecule has 2 aliphatic heterocycles. The fourth-order valence-electron chi connectivity index (χ4n) is 6.88. The largest absolute Gasteiger partial charge is 0.508 e. The third kappa shape index (κ3) is 5.92. The van der Waals surface area contributed by atoms with E-state index in [2.05, 4.69) is 19.1 Å². The molecule has 1 aromatic heterocycles. The summed E-state index contributed by atoms with van der Waals surface area (Å²) in [6.07, 6.45) is 0.297. The van der Waals surface area contributed by atoms with E-state index in [1.165, 1.54) is 5.56 Å². The Balaban J connectivity index is 1.27. The Kier molecular flexibility index (Phi) is 8.20. The van der Waals surface area contributed by atoms with Crippen LogP contribution >= 0.6 is 0 Å². The molecule has 9 nitrogen and oxygen atoms in total. The van der Waals surface area contributed by atoms with Gasteiger partial charge in [0, 0.05) is 68.0 Å². The van der Waals surface area contributed by atoms with Crippen LogP contribution < -0.4 is 9.64 Å². The van der Waals surface area contributed by atoms with Crippen molar-refractivity contribution in [1.82, 2.24) is 14.4 Å². The summed E-state index contributed by atoms with van der Waals surface area (Å²) in [5.74, 6) is 0.274. The number of phenols is 1. The number of aromatic hydroxyl groups is 1. The van der Waals surface area contributed by atoms with E-state index in [0.29, 0.717) is 47.8 Å². The highest BCUT2D eigenvalue weighted by Crippen LogP contribution is 2.37. The van der Waals surface area contributed by atoms with Crippen LogP contribution in [-0.4, -0.2) is 50.5 Å². The molecule has 0 saturated carbocycles. The third-order valence-electron chi connectivity index (χ3n) is 9.85. The Labute approximate surface area is 285 Å². The van der Waals surface area contributed by atoms with Gasteiger partial charge in [0.25, 0.3) is 11.8 Å². The number of fused-ring (bicyclic) bond motifs is 2. The number of benzene rings is 4. The maximum Gasteiger partial charge on any atom is 0.415 e. The Morgan fingerprint density at radius 1 is 0.796 bits per heavy atom. The fourth-order valence-corrected chi connectivity index (χ4v) is 6.88. The molecule has 49 heavy (non-hydrogen) atoms. The van der Waals surface area contributed by atoms with Crippen molar-refractivity contribution in [2.45, 2.75) is 45.9 Å². The van der Waals surface area contributed by atoms with Gasteiger partial charge < -0.3 is 24.2 Å². The number of ether oxygens (including phenoxy) is 1. The molecule has 0 unspecified atom stereocenters. The van der Waals surface area contributed by atoms with Crippen molar-refractivity contribution in [2.75, 3.05) is 11.9 Å². The number of amides is 3. The standard InChI is InChI=1S/C40H38N4O5/c1-25-18-27-10-8-9-11-28(27)24-44(25)39(47)36-20-30-23-43(40(48)49-33-12-6-5-7-13-33)22-29(30)19-35(36)37-21-34(26(2)41(37)3)38(46)42(4)31-14-16-32(45)17-15-31/h5-17,19-21,25,45H,18,22-24H2,1-4H3/t25-/m1/s1. The number of para-hydroxylation sites is 1. The molecule has 248 valence electrons. The molecule has 1 N–H and O–H groups in total. The molecule has 0 saturated heterocycles. The molecule has 0 radical (unpaired) electrons. The smallest absolute Gasteiger partial charge is 0.415 e. The molecular formula is C40H38N4O5. The predicted molar refractivity (Wildman–Crippen MR) is 188 cm³/mol. The Bertz CT molecular complexity index is 2090. The minimum atomic E-state index is -0.460. The maximum absolute atomic E-state index is 14.6. The summed E-state index contributed by atoms with van der Waals surface area (Å²) in [4.78, 5) is 46.8. The van der Waals surface area contributed by atoms with E-state index in [0.717, 1.165) is 34.5 Å². The second kappa shape index (κ2) is 12.6. The van der Waals surface area contributed by atoms with E-state index in [-0.39, 0.29) is 23.6 Å². The van der Waals surface area contributed by atoms with Crippen LogP contribution in [0.25, 0.3) is 11.3 Å². The monoisotopic (exact) mass is 654 g/mol. The normalized spacial score (nSPS) is 15.1. The van der Waals surface area contributed by atoms with Gasteiger partial charge in [0.1, 0.15) is 11.5 Å². The van der Waals surface area contributed by atoms with Gasteiger partial charge in [0.15, 0.2) is 0 Å². The number of aromatic nitrogens is 1. The van der Waals surface area contributed by atoms with Gasteiger partial charge in [0.05, 0.1) is 5.56 Å². The van der Waals surface area contributed by atoms with Gasteiger partial charge in [-0.2, -0.15) is 0 Å². The van der Waals surface area contributed by atoms with Gasteiger partial charge in [-0.15, -0.1) is 0 Å². The molecule has 4 aromatic carbocycles. The summed E-state index contributed by atoms with van der Waals surface area (Å²) in [7, 11) is 3.59. The average molecular weight is 655 g/mol. The van der Waals surface area contributed by atoms with Crippen molar-refractivity contribution in [2.24, 2.45) is 7.05 Å². The zero-order valence-electron chi connectivity index (χ0n) is 28.0. The summed E-state index contributed by atoms with van der Waals surface area (Å²) in [6.45, 7) is 5.10. The first-order valence-electron chi connectivity index (χ1n) is 16.4. The number of hydrogen-bond donors (Lipinski definition) is 1. The summed E-state index contributed by atoms with van der Waals surface area (Å²) >= 11 is 0. The number of rotatable bonds is 5. The number of carbonyl (C=O) groups is 3. The molecule has 0 spiro atoms. The van der Waals surface area contributed by atoms with Gasteiger partial charge in [-0.25, -0.2) is 4.79 Å². The maximum atomic E-state index is 14.6. The first kappa shape index (κ1) is 31.8. The lowest BCUT2D eigenvalue weighted by atomic mass is 9.92. The Morgan fingerprint density at radius 3 is 2.16 bits per heavy atom. The van der Waals surface area contributed by atoms with E-state index in [4.69, 9.17) is 4.74 Å². The highest BCUT2D eigenvalue weighted by Gasteiger charge is 2.33. The van der Waals surface area contributed by atoms with E-state index in [1.54, 1.807) is 53.2 Å². The van der Waals surface area contributed by atoms with Crippen LogP contribution in [0.1, 0.15) is 55.6 Å². The van der Waals surface area contributed by atoms with Crippen LogP contribution in [-0.2, 0) is 33.1 Å². The van der Waals surface area contributed by atoms with Crippen LogP contribution in [0.15, 0.2) is 97.1 Å². The number of nitrogens with zero attached hydrogens (tertiary/aromatic N) is 4.